The molecule has 0 aliphatic carbocycles. The summed E-state index contributed by atoms with van der Waals surface area (Å²) in [6.45, 7) is 0. The molecule has 0 atom stereocenters. The third-order valence-electron chi connectivity index (χ3n) is 0.938. The van der Waals surface area contributed by atoms with Crippen molar-refractivity contribution >= 4 is 42.2 Å². The summed E-state index contributed by atoms with van der Waals surface area (Å²) in [6, 6.07) is 3.61. The van der Waals surface area contributed by atoms with Crippen LogP contribution in [0, 0.1) is 11.6 Å². The molecule has 0 fully saturated rings. The van der Waals surface area contributed by atoms with E-state index in [1.165, 1.54) is 6.07 Å². The molecule has 1 rings (SSSR count). The van der Waals surface area contributed by atoms with Gasteiger partial charge in [0.2, 0.25) is 0 Å². The van der Waals surface area contributed by atoms with Crippen LogP contribution in [0.25, 0.3) is 0 Å². The Balaban J connectivity index is 0.000000810. The van der Waals surface area contributed by atoms with Crippen LogP contribution < -0.4 is 0 Å². The van der Waals surface area contributed by atoms with Crippen LogP contribution in [0.2, 0.25) is 0 Å². The fourth-order valence-electron chi connectivity index (χ4n) is 0.489. The Morgan fingerprint density at radius 1 is 1.10 bits per heavy atom. The summed E-state index contributed by atoms with van der Waals surface area (Å²) in [5.41, 5.74) is 0. The van der Waals surface area contributed by atoms with Crippen LogP contribution in [0.4, 0.5) is 8.78 Å². The second-order valence-corrected chi connectivity index (χ2v) is 2.02. The summed E-state index contributed by atoms with van der Waals surface area (Å²) < 4.78 is 24.5. The molecule has 0 spiro atoms. The Bertz CT molecular complexity index is 207. The minimum atomic E-state index is -0.627. The minimum absolute atomic E-state index is 0. The Morgan fingerprint density at radius 3 is 1.80 bits per heavy atom. The third kappa shape index (κ3) is 2.23. The number of benzene rings is 1. The van der Waals surface area contributed by atoms with E-state index in [4.69, 9.17) is 0 Å². The molecule has 0 saturated heterocycles. The maximum atomic E-state index is 12.3. The third-order valence-corrected chi connectivity index (χ3v) is 1.36. The standard InChI is InChI=1S/C6H4F2S.Na.H/c7-4-2-1-3-5(8)6(4)9;;/h1-3,9H;;. The molecular weight excluding hydrogens is 165 g/mol. The van der Waals surface area contributed by atoms with Crippen LogP contribution in [-0.4, -0.2) is 29.6 Å². The molecular formula is C6H5F2NaS. The molecule has 0 nitrogen and oxygen atoms in total. The van der Waals surface area contributed by atoms with Crippen molar-refractivity contribution in [3.8, 4) is 0 Å². The van der Waals surface area contributed by atoms with Crippen molar-refractivity contribution in [3.05, 3.63) is 29.8 Å². The van der Waals surface area contributed by atoms with Crippen molar-refractivity contribution in [2.24, 2.45) is 0 Å². The first-order chi connectivity index (χ1) is 4.22. The first-order valence-corrected chi connectivity index (χ1v) is 2.79. The number of halogens is 2. The Morgan fingerprint density at radius 2 is 1.50 bits per heavy atom. The molecule has 50 valence electrons. The molecule has 10 heavy (non-hydrogen) atoms. The molecule has 0 N–H and O–H groups in total. The summed E-state index contributed by atoms with van der Waals surface area (Å²) in [4.78, 5) is -0.225. The van der Waals surface area contributed by atoms with Gasteiger partial charge in [-0.2, -0.15) is 0 Å². The van der Waals surface area contributed by atoms with Gasteiger partial charge in [-0.1, -0.05) is 6.07 Å². The molecule has 0 aliphatic heterocycles. The van der Waals surface area contributed by atoms with Crippen LogP contribution in [0.5, 0.6) is 0 Å². The van der Waals surface area contributed by atoms with E-state index < -0.39 is 11.6 Å². The predicted octanol–water partition coefficient (Wildman–Crippen LogP) is 1.61. The van der Waals surface area contributed by atoms with Gasteiger partial charge in [-0.15, -0.1) is 12.6 Å². The SMILES string of the molecule is Fc1cccc(F)c1S.[NaH]. The maximum absolute atomic E-state index is 12.3. The van der Waals surface area contributed by atoms with Gasteiger partial charge in [-0.25, -0.2) is 8.78 Å². The molecule has 0 saturated carbocycles. The summed E-state index contributed by atoms with van der Waals surface area (Å²) in [6.07, 6.45) is 0. The monoisotopic (exact) mass is 170 g/mol. The fraction of sp³-hybridized carbons (Fsp3) is 0. The van der Waals surface area contributed by atoms with Crippen LogP contribution in [0.1, 0.15) is 0 Å². The van der Waals surface area contributed by atoms with Gasteiger partial charge in [-0.05, 0) is 12.1 Å². The van der Waals surface area contributed by atoms with Crippen LogP contribution >= 0.6 is 12.6 Å². The van der Waals surface area contributed by atoms with Gasteiger partial charge in [0.15, 0.2) is 0 Å². The number of rotatable bonds is 0. The Labute approximate surface area is 85.3 Å². The quantitative estimate of drug-likeness (QED) is 0.443. The first-order valence-electron chi connectivity index (χ1n) is 2.35. The fourth-order valence-corrected chi connectivity index (χ4v) is 0.638. The number of thiol groups is 1. The van der Waals surface area contributed by atoms with E-state index in [0.717, 1.165) is 12.1 Å². The molecule has 0 amide bonds. The summed E-state index contributed by atoms with van der Waals surface area (Å²) >= 11 is 3.56. The van der Waals surface area contributed by atoms with Crippen molar-refractivity contribution < 1.29 is 8.78 Å². The van der Waals surface area contributed by atoms with Crippen molar-refractivity contribution in [3.63, 3.8) is 0 Å². The van der Waals surface area contributed by atoms with Crippen molar-refractivity contribution in [1.29, 1.82) is 0 Å². The molecule has 1 aromatic rings. The van der Waals surface area contributed by atoms with Gasteiger partial charge in [0.05, 0.1) is 4.90 Å². The molecule has 0 aliphatic rings. The van der Waals surface area contributed by atoms with Gasteiger partial charge < -0.3 is 0 Å². The van der Waals surface area contributed by atoms with E-state index in [-0.39, 0.29) is 34.5 Å². The zero-order chi connectivity index (χ0) is 6.85. The summed E-state index contributed by atoms with van der Waals surface area (Å²) in [5.74, 6) is -1.25. The van der Waals surface area contributed by atoms with Crippen molar-refractivity contribution in [2.75, 3.05) is 0 Å². The van der Waals surface area contributed by atoms with Gasteiger partial charge >= 0.3 is 29.6 Å². The molecule has 0 heterocycles. The summed E-state index contributed by atoms with van der Waals surface area (Å²) in [7, 11) is 0. The average molecular weight is 170 g/mol. The number of hydrogen-bond donors (Lipinski definition) is 1. The molecule has 0 aromatic heterocycles. The normalized spacial score (nSPS) is 8.70. The van der Waals surface area contributed by atoms with Crippen molar-refractivity contribution in [2.45, 2.75) is 4.90 Å². The van der Waals surface area contributed by atoms with E-state index in [1.54, 1.807) is 0 Å². The van der Waals surface area contributed by atoms with Crippen LogP contribution in [0.3, 0.4) is 0 Å². The van der Waals surface area contributed by atoms with E-state index in [9.17, 15) is 8.78 Å². The zero-order valence-corrected chi connectivity index (χ0v) is 5.33. The van der Waals surface area contributed by atoms with Gasteiger partial charge in [0.1, 0.15) is 11.6 Å². The van der Waals surface area contributed by atoms with Gasteiger partial charge in [0.25, 0.3) is 0 Å². The zero-order valence-electron chi connectivity index (χ0n) is 4.44. The van der Waals surface area contributed by atoms with E-state index in [0.29, 0.717) is 0 Å². The van der Waals surface area contributed by atoms with Gasteiger partial charge in [-0.3, -0.25) is 0 Å². The van der Waals surface area contributed by atoms with E-state index in [2.05, 4.69) is 12.6 Å². The van der Waals surface area contributed by atoms with E-state index in [1.807, 2.05) is 0 Å². The number of hydrogen-bond acceptors (Lipinski definition) is 1. The van der Waals surface area contributed by atoms with Gasteiger partial charge in [0, 0.05) is 0 Å². The molecule has 1 aromatic carbocycles. The van der Waals surface area contributed by atoms with Crippen LogP contribution in [0.15, 0.2) is 23.1 Å². The second-order valence-electron chi connectivity index (χ2n) is 1.57. The molecule has 4 heteroatoms. The first kappa shape index (κ1) is 10.4. The Hall–Kier alpha value is 0.430. The molecule has 0 bridgehead atoms. The predicted molar refractivity (Wildman–Crippen MR) is 40.8 cm³/mol. The van der Waals surface area contributed by atoms with E-state index >= 15 is 0 Å². The Kier molecular flexibility index (Phi) is 4.52. The molecule has 0 unspecified atom stereocenters. The van der Waals surface area contributed by atoms with Crippen molar-refractivity contribution in [1.82, 2.24) is 0 Å². The topological polar surface area (TPSA) is 0 Å². The molecule has 0 radical (unpaired) electrons. The average Bonchev–Trinajstić information content (AvgIpc) is 1.83. The van der Waals surface area contributed by atoms with Crippen LogP contribution in [-0.2, 0) is 0 Å². The second kappa shape index (κ2) is 4.34. The summed E-state index contributed by atoms with van der Waals surface area (Å²) in [5, 5.41) is 0.